The zero-order chi connectivity index (χ0) is 15.8. The van der Waals surface area contributed by atoms with Gasteiger partial charge in [0.15, 0.2) is 0 Å². The standard InChI is InChI=1S/C14H13F5O2/c1-8(2)21-10-6-4-3-5-9(10)7-20-14(19)12(16)11(15)13(14,17)18/h3-6,8H,7H2,1-2H3. The summed E-state index contributed by atoms with van der Waals surface area (Å²) in [6.45, 7) is 2.80. The first-order valence-electron chi connectivity index (χ1n) is 6.21. The fraction of sp³-hybridized carbons (Fsp3) is 0.429. The molecule has 0 saturated carbocycles. The van der Waals surface area contributed by atoms with Gasteiger partial charge in [0.2, 0.25) is 11.7 Å². The number of halogens is 5. The Balaban J connectivity index is 2.15. The zero-order valence-corrected chi connectivity index (χ0v) is 11.3. The van der Waals surface area contributed by atoms with Crippen LogP contribution in [-0.4, -0.2) is 17.9 Å². The van der Waals surface area contributed by atoms with Crippen LogP contribution in [0.25, 0.3) is 0 Å². The Bertz CT molecular complexity index is 570. The minimum absolute atomic E-state index is 0.204. The molecule has 1 aromatic carbocycles. The number of ether oxygens (including phenoxy) is 2. The molecule has 7 heteroatoms. The lowest BCUT2D eigenvalue weighted by molar-refractivity contribution is -0.288. The molecule has 116 valence electrons. The van der Waals surface area contributed by atoms with Crippen molar-refractivity contribution < 1.29 is 31.4 Å². The lowest BCUT2D eigenvalue weighted by Gasteiger charge is -2.38. The van der Waals surface area contributed by atoms with Gasteiger partial charge in [0.25, 0.3) is 0 Å². The largest absolute Gasteiger partial charge is 0.491 e. The molecule has 0 bridgehead atoms. The smallest absolute Gasteiger partial charge is 0.365 e. The molecule has 0 aliphatic heterocycles. The van der Waals surface area contributed by atoms with Crippen LogP contribution in [0.3, 0.4) is 0 Å². The SMILES string of the molecule is CC(C)Oc1ccccc1COC1(F)C(F)=C(F)C1(F)F. The first kappa shape index (κ1) is 15.8. The van der Waals surface area contributed by atoms with E-state index in [1.165, 1.54) is 12.1 Å². The van der Waals surface area contributed by atoms with Crippen LogP contribution < -0.4 is 4.74 Å². The second-order valence-electron chi connectivity index (χ2n) is 4.86. The Labute approximate surface area is 118 Å². The maximum Gasteiger partial charge on any atom is 0.365 e. The Morgan fingerprint density at radius 3 is 2.24 bits per heavy atom. The molecule has 1 aliphatic carbocycles. The zero-order valence-electron chi connectivity index (χ0n) is 11.3. The van der Waals surface area contributed by atoms with Crippen molar-refractivity contribution >= 4 is 0 Å². The molecular weight excluding hydrogens is 295 g/mol. The predicted molar refractivity (Wildman–Crippen MR) is 65.0 cm³/mol. The van der Waals surface area contributed by atoms with Crippen LogP contribution in [0.1, 0.15) is 19.4 Å². The fourth-order valence-electron chi connectivity index (χ4n) is 1.82. The maximum absolute atomic E-state index is 13.7. The second kappa shape index (κ2) is 5.29. The van der Waals surface area contributed by atoms with Gasteiger partial charge >= 0.3 is 11.8 Å². The third kappa shape index (κ3) is 2.50. The first-order chi connectivity index (χ1) is 9.70. The number of hydrogen-bond donors (Lipinski definition) is 0. The number of rotatable bonds is 5. The quantitative estimate of drug-likeness (QED) is 0.748. The van der Waals surface area contributed by atoms with E-state index in [-0.39, 0.29) is 11.7 Å². The molecule has 2 nitrogen and oxygen atoms in total. The highest BCUT2D eigenvalue weighted by Gasteiger charge is 2.74. The Kier molecular flexibility index (Phi) is 3.97. The molecule has 0 saturated heterocycles. The molecule has 1 atom stereocenters. The highest BCUT2D eigenvalue weighted by atomic mass is 19.3. The molecule has 2 rings (SSSR count). The van der Waals surface area contributed by atoms with E-state index in [1.807, 2.05) is 0 Å². The molecule has 0 heterocycles. The molecule has 0 amide bonds. The predicted octanol–water partition coefficient (Wildman–Crippen LogP) is 4.46. The summed E-state index contributed by atoms with van der Waals surface area (Å²) in [4.78, 5) is 0. The highest BCUT2D eigenvalue weighted by molar-refractivity contribution is 5.36. The van der Waals surface area contributed by atoms with Crippen molar-refractivity contribution in [3.63, 3.8) is 0 Å². The molecule has 0 N–H and O–H groups in total. The van der Waals surface area contributed by atoms with E-state index < -0.39 is 30.0 Å². The van der Waals surface area contributed by atoms with Gasteiger partial charge in [-0.15, -0.1) is 0 Å². The Morgan fingerprint density at radius 1 is 1.05 bits per heavy atom. The molecule has 1 aromatic rings. The van der Waals surface area contributed by atoms with E-state index in [0.717, 1.165) is 0 Å². The van der Waals surface area contributed by atoms with Crippen LogP contribution in [0.5, 0.6) is 5.75 Å². The average molecular weight is 308 g/mol. The van der Waals surface area contributed by atoms with Crippen molar-refractivity contribution in [1.82, 2.24) is 0 Å². The third-order valence-electron chi connectivity index (χ3n) is 2.92. The Hall–Kier alpha value is -1.63. The van der Waals surface area contributed by atoms with E-state index in [2.05, 4.69) is 4.74 Å². The van der Waals surface area contributed by atoms with E-state index in [1.54, 1.807) is 26.0 Å². The molecule has 1 aliphatic rings. The average Bonchev–Trinajstić information content (AvgIpc) is 2.43. The number of para-hydroxylation sites is 1. The summed E-state index contributed by atoms with van der Waals surface area (Å²) < 4.78 is 75.0. The van der Waals surface area contributed by atoms with Gasteiger partial charge in [-0.05, 0) is 19.9 Å². The van der Waals surface area contributed by atoms with Crippen LogP contribution in [0.2, 0.25) is 0 Å². The van der Waals surface area contributed by atoms with Crippen LogP contribution in [-0.2, 0) is 11.3 Å². The topological polar surface area (TPSA) is 18.5 Å². The second-order valence-corrected chi connectivity index (χ2v) is 4.86. The van der Waals surface area contributed by atoms with Crippen LogP contribution in [0, 0.1) is 0 Å². The minimum Gasteiger partial charge on any atom is -0.491 e. The summed E-state index contributed by atoms with van der Waals surface area (Å²) in [5.74, 6) is -13.1. The summed E-state index contributed by atoms with van der Waals surface area (Å²) >= 11 is 0. The monoisotopic (exact) mass is 308 g/mol. The van der Waals surface area contributed by atoms with Gasteiger partial charge < -0.3 is 9.47 Å². The van der Waals surface area contributed by atoms with E-state index in [9.17, 15) is 22.0 Å². The summed E-state index contributed by atoms with van der Waals surface area (Å²) in [5, 5.41) is 0. The maximum atomic E-state index is 13.7. The van der Waals surface area contributed by atoms with Crippen LogP contribution in [0.4, 0.5) is 22.0 Å². The third-order valence-corrected chi connectivity index (χ3v) is 2.92. The van der Waals surface area contributed by atoms with E-state index >= 15 is 0 Å². The van der Waals surface area contributed by atoms with Crippen molar-refractivity contribution in [3.8, 4) is 5.75 Å². The van der Waals surface area contributed by atoms with Gasteiger partial charge in [0.1, 0.15) is 5.75 Å². The first-order valence-corrected chi connectivity index (χ1v) is 6.21. The van der Waals surface area contributed by atoms with Crippen molar-refractivity contribution in [2.24, 2.45) is 0 Å². The van der Waals surface area contributed by atoms with Crippen molar-refractivity contribution in [2.45, 2.75) is 38.3 Å². The Morgan fingerprint density at radius 2 is 1.67 bits per heavy atom. The molecule has 21 heavy (non-hydrogen) atoms. The molecular formula is C14H13F5O2. The normalized spacial score (nSPS) is 24.2. The summed E-state index contributed by atoms with van der Waals surface area (Å²) in [5.41, 5.74) is 0.249. The number of benzene rings is 1. The fourth-order valence-corrected chi connectivity index (χ4v) is 1.82. The van der Waals surface area contributed by atoms with Crippen LogP contribution in [0.15, 0.2) is 35.9 Å². The minimum atomic E-state index is -4.62. The van der Waals surface area contributed by atoms with Gasteiger partial charge in [-0.1, -0.05) is 18.2 Å². The summed E-state index contributed by atoms with van der Waals surface area (Å²) in [6, 6.07) is 6.18. The van der Waals surface area contributed by atoms with Gasteiger partial charge in [-0.25, -0.2) is 8.78 Å². The summed E-state index contributed by atoms with van der Waals surface area (Å²) in [7, 11) is 0. The number of alkyl halides is 3. The highest BCUT2D eigenvalue weighted by Crippen LogP contribution is 2.56. The van der Waals surface area contributed by atoms with Gasteiger partial charge in [0, 0.05) is 5.56 Å². The molecule has 0 fully saturated rings. The van der Waals surface area contributed by atoms with Crippen molar-refractivity contribution in [2.75, 3.05) is 0 Å². The van der Waals surface area contributed by atoms with Crippen LogP contribution >= 0.6 is 0 Å². The van der Waals surface area contributed by atoms with Gasteiger partial charge in [-0.3, -0.25) is 0 Å². The van der Waals surface area contributed by atoms with Gasteiger partial charge in [-0.2, -0.15) is 13.2 Å². The molecule has 0 spiro atoms. The molecule has 1 unspecified atom stereocenters. The molecule has 0 aromatic heterocycles. The van der Waals surface area contributed by atoms with Crippen molar-refractivity contribution in [3.05, 3.63) is 41.5 Å². The lowest BCUT2D eigenvalue weighted by atomic mass is 9.95. The van der Waals surface area contributed by atoms with E-state index in [0.29, 0.717) is 5.75 Å². The lowest BCUT2D eigenvalue weighted by Crippen LogP contribution is -2.56. The molecule has 0 radical (unpaired) electrons. The van der Waals surface area contributed by atoms with Crippen molar-refractivity contribution in [1.29, 1.82) is 0 Å². The van der Waals surface area contributed by atoms with Gasteiger partial charge in [0.05, 0.1) is 12.7 Å². The summed E-state index contributed by atoms with van der Waals surface area (Å²) in [6.07, 6.45) is -0.204. The van der Waals surface area contributed by atoms with E-state index in [4.69, 9.17) is 4.74 Å². The number of hydrogen-bond acceptors (Lipinski definition) is 2.